The van der Waals surface area contributed by atoms with Crippen LogP contribution in [0, 0.1) is 6.54 Å². The zero-order valence-electron chi connectivity index (χ0n) is 8.29. The van der Waals surface area contributed by atoms with Crippen molar-refractivity contribution in [3.05, 3.63) is 41.9 Å². The Hall–Kier alpha value is -1.52. The summed E-state index contributed by atoms with van der Waals surface area (Å²) in [6, 6.07) is 7.11. The third-order valence-corrected chi connectivity index (χ3v) is 2.48. The molecule has 5 heteroatoms. The molecule has 1 amide bonds. The molecule has 1 aliphatic heterocycles. The number of benzene rings is 1. The summed E-state index contributed by atoms with van der Waals surface area (Å²) in [5, 5.41) is 0. The molecule has 85 valence electrons. The van der Waals surface area contributed by atoms with E-state index in [4.69, 9.17) is 0 Å². The first-order valence-electron chi connectivity index (χ1n) is 4.79. The highest BCUT2D eigenvalue weighted by Crippen LogP contribution is 2.25. The maximum atomic E-state index is 12.2. The van der Waals surface area contributed by atoms with Crippen molar-refractivity contribution < 1.29 is 18.0 Å². The van der Waals surface area contributed by atoms with E-state index in [0.717, 1.165) is 10.5 Å². The van der Waals surface area contributed by atoms with Crippen LogP contribution in [-0.2, 0) is 11.2 Å². The van der Waals surface area contributed by atoms with Crippen LogP contribution in [0.2, 0.25) is 0 Å². The maximum Gasteiger partial charge on any atom is 0.471 e. The van der Waals surface area contributed by atoms with E-state index in [9.17, 15) is 18.0 Å². The molecule has 1 heterocycles. The number of alkyl halides is 3. The van der Waals surface area contributed by atoms with Gasteiger partial charge in [-0.25, -0.2) is 0 Å². The lowest BCUT2D eigenvalue weighted by molar-refractivity contribution is -0.183. The summed E-state index contributed by atoms with van der Waals surface area (Å²) < 4.78 is 36.6. The van der Waals surface area contributed by atoms with Crippen LogP contribution >= 0.6 is 0 Å². The van der Waals surface area contributed by atoms with Crippen LogP contribution in [0.1, 0.15) is 11.1 Å². The summed E-state index contributed by atoms with van der Waals surface area (Å²) in [6.45, 7) is 1.34. The first-order chi connectivity index (χ1) is 7.48. The molecular formula is C11H9F3NO. The van der Waals surface area contributed by atoms with E-state index in [1.165, 1.54) is 6.54 Å². The molecule has 2 rings (SSSR count). The zero-order chi connectivity index (χ0) is 11.8. The molecule has 0 spiro atoms. The van der Waals surface area contributed by atoms with Crippen LogP contribution in [0.15, 0.2) is 24.3 Å². The van der Waals surface area contributed by atoms with Crippen LogP contribution < -0.4 is 0 Å². The molecule has 1 radical (unpaired) electrons. The molecule has 1 aromatic carbocycles. The zero-order valence-corrected chi connectivity index (χ0v) is 8.29. The topological polar surface area (TPSA) is 20.3 Å². The van der Waals surface area contributed by atoms with Crippen LogP contribution in [0.5, 0.6) is 0 Å². The molecule has 0 saturated heterocycles. The van der Waals surface area contributed by atoms with Crippen LogP contribution in [0.25, 0.3) is 0 Å². The van der Waals surface area contributed by atoms with E-state index in [2.05, 4.69) is 0 Å². The Morgan fingerprint density at radius 1 is 1.25 bits per heavy atom. The van der Waals surface area contributed by atoms with Crippen molar-refractivity contribution in [3.8, 4) is 0 Å². The van der Waals surface area contributed by atoms with Crippen molar-refractivity contribution in [3.63, 3.8) is 0 Å². The van der Waals surface area contributed by atoms with Gasteiger partial charge in [0.2, 0.25) is 0 Å². The summed E-state index contributed by atoms with van der Waals surface area (Å²) in [4.78, 5) is 11.7. The van der Waals surface area contributed by atoms with Gasteiger partial charge in [0.05, 0.1) is 6.54 Å². The van der Waals surface area contributed by atoms with Gasteiger partial charge in [-0.15, -0.1) is 0 Å². The van der Waals surface area contributed by atoms with Crippen LogP contribution in [0.3, 0.4) is 0 Å². The van der Waals surface area contributed by atoms with E-state index in [1.807, 2.05) is 12.1 Å². The second kappa shape index (κ2) is 3.81. The Morgan fingerprint density at radius 3 is 2.62 bits per heavy atom. The predicted molar refractivity (Wildman–Crippen MR) is 51.3 cm³/mol. The minimum Gasteiger partial charge on any atom is -0.325 e. The maximum absolute atomic E-state index is 12.2. The molecule has 0 saturated carbocycles. The highest BCUT2D eigenvalue weighted by molar-refractivity contribution is 5.83. The number of fused-ring (bicyclic) bond motifs is 1. The molecule has 0 aliphatic carbocycles. The van der Waals surface area contributed by atoms with Crippen molar-refractivity contribution >= 4 is 5.91 Å². The average Bonchev–Trinajstić information content (AvgIpc) is 2.26. The molecule has 0 aromatic heterocycles. The molecule has 1 aliphatic rings. The van der Waals surface area contributed by atoms with Gasteiger partial charge in [-0.2, -0.15) is 13.2 Å². The summed E-state index contributed by atoms with van der Waals surface area (Å²) >= 11 is 0. The van der Waals surface area contributed by atoms with Gasteiger partial charge in [0.1, 0.15) is 0 Å². The third-order valence-electron chi connectivity index (χ3n) is 2.48. The number of carbonyl (C=O) groups excluding carboxylic acids is 1. The lowest BCUT2D eigenvalue weighted by atomic mass is 10.00. The summed E-state index contributed by atoms with van der Waals surface area (Å²) in [5.41, 5.74) is 1.64. The molecular weight excluding hydrogens is 219 g/mol. The van der Waals surface area contributed by atoms with E-state index in [0.29, 0.717) is 12.0 Å². The first-order valence-corrected chi connectivity index (χ1v) is 4.79. The molecule has 0 bridgehead atoms. The number of hydrogen-bond acceptors (Lipinski definition) is 1. The van der Waals surface area contributed by atoms with Gasteiger partial charge in [0.15, 0.2) is 0 Å². The predicted octanol–water partition coefficient (Wildman–Crippen LogP) is 2.14. The summed E-state index contributed by atoms with van der Waals surface area (Å²) in [7, 11) is 0. The van der Waals surface area contributed by atoms with Gasteiger partial charge in [-0.1, -0.05) is 24.3 Å². The van der Waals surface area contributed by atoms with Gasteiger partial charge >= 0.3 is 12.1 Å². The Morgan fingerprint density at radius 2 is 1.94 bits per heavy atom. The number of nitrogens with zero attached hydrogens (tertiary/aromatic N) is 1. The third kappa shape index (κ3) is 2.03. The van der Waals surface area contributed by atoms with Gasteiger partial charge < -0.3 is 4.90 Å². The highest BCUT2D eigenvalue weighted by atomic mass is 19.4. The fourth-order valence-corrected chi connectivity index (χ4v) is 1.68. The second-order valence-corrected chi connectivity index (χ2v) is 3.57. The molecule has 0 N–H and O–H groups in total. The van der Waals surface area contributed by atoms with E-state index in [1.54, 1.807) is 12.1 Å². The average molecular weight is 228 g/mol. The smallest absolute Gasteiger partial charge is 0.325 e. The number of halogens is 3. The SMILES string of the molecule is O=C(N1[CH]c2ccccc2CC1)C(F)(F)F. The van der Waals surface area contributed by atoms with Crippen molar-refractivity contribution in [2.24, 2.45) is 0 Å². The summed E-state index contributed by atoms with van der Waals surface area (Å²) in [5.74, 6) is -1.80. The number of amides is 1. The molecule has 0 fully saturated rings. The second-order valence-electron chi connectivity index (χ2n) is 3.57. The monoisotopic (exact) mass is 228 g/mol. The fourth-order valence-electron chi connectivity index (χ4n) is 1.68. The van der Waals surface area contributed by atoms with E-state index >= 15 is 0 Å². The number of rotatable bonds is 0. The molecule has 1 aromatic rings. The molecule has 16 heavy (non-hydrogen) atoms. The standard InChI is InChI=1S/C11H9F3NO/c12-11(13,14)10(16)15-6-5-8-3-1-2-4-9(8)7-15/h1-4,7H,5-6H2. The number of carbonyl (C=O) groups is 1. The van der Waals surface area contributed by atoms with Gasteiger partial charge in [-0.3, -0.25) is 4.79 Å². The van der Waals surface area contributed by atoms with Crippen molar-refractivity contribution in [2.75, 3.05) is 6.54 Å². The largest absolute Gasteiger partial charge is 0.471 e. The normalized spacial score (nSPS) is 15.8. The van der Waals surface area contributed by atoms with Gasteiger partial charge in [0, 0.05) is 6.54 Å². The molecule has 2 nitrogen and oxygen atoms in total. The highest BCUT2D eigenvalue weighted by Gasteiger charge is 2.43. The lowest BCUT2D eigenvalue weighted by Crippen LogP contribution is -2.42. The van der Waals surface area contributed by atoms with E-state index in [-0.39, 0.29) is 6.54 Å². The van der Waals surface area contributed by atoms with E-state index < -0.39 is 12.1 Å². The Bertz CT molecular complexity index is 414. The molecule has 0 atom stereocenters. The van der Waals surface area contributed by atoms with Gasteiger partial charge in [0.25, 0.3) is 0 Å². The molecule has 0 unspecified atom stereocenters. The Balaban J connectivity index is 2.17. The van der Waals surface area contributed by atoms with Crippen LogP contribution in [0.4, 0.5) is 13.2 Å². The Kier molecular flexibility index (Phi) is 2.61. The van der Waals surface area contributed by atoms with Gasteiger partial charge in [-0.05, 0) is 17.5 Å². The van der Waals surface area contributed by atoms with Crippen molar-refractivity contribution in [1.29, 1.82) is 0 Å². The van der Waals surface area contributed by atoms with Crippen LogP contribution in [-0.4, -0.2) is 23.5 Å². The van der Waals surface area contributed by atoms with Crippen molar-refractivity contribution in [1.82, 2.24) is 4.90 Å². The quantitative estimate of drug-likeness (QED) is 0.666. The minimum absolute atomic E-state index is 0.0787. The fraction of sp³-hybridized carbons (Fsp3) is 0.273. The van der Waals surface area contributed by atoms with Crippen molar-refractivity contribution in [2.45, 2.75) is 12.6 Å². The number of hydrogen-bond donors (Lipinski definition) is 0. The lowest BCUT2D eigenvalue weighted by Gasteiger charge is -2.28. The summed E-state index contributed by atoms with van der Waals surface area (Å²) in [6.07, 6.45) is -4.35. The first kappa shape index (κ1) is 11.0. The Labute approximate surface area is 90.7 Å². The minimum atomic E-state index is -4.80.